The van der Waals surface area contributed by atoms with Gasteiger partial charge >= 0.3 is 11.9 Å². The van der Waals surface area contributed by atoms with E-state index < -0.39 is 51.9 Å². The SMILES string of the molecule is CC(C)(C)OC(=O)C(C)(C)O/N=C(\C(=O)NC1C(=O)N2C(C(=O)O)=C(/C=C/Cn3cnc4cc(O)c(O)cc43)CS[C@H]12)c1csc(NC(c2ccccc2)(c2ccccc2)c2ccccc2)n1. The van der Waals surface area contributed by atoms with Crippen LogP contribution in [0.5, 0.6) is 11.5 Å². The molecule has 2 aliphatic rings. The van der Waals surface area contributed by atoms with Gasteiger partial charge in [-0.25, -0.2) is 19.6 Å². The summed E-state index contributed by atoms with van der Waals surface area (Å²) in [7, 11) is 0. The second kappa shape index (κ2) is 18.4. The highest BCUT2D eigenvalue weighted by Crippen LogP contribution is 2.42. The van der Waals surface area contributed by atoms with Crippen LogP contribution in [0.4, 0.5) is 5.13 Å². The first-order valence-electron chi connectivity index (χ1n) is 21.1. The van der Waals surface area contributed by atoms with Gasteiger partial charge in [0.1, 0.15) is 33.9 Å². The molecule has 18 heteroatoms. The molecule has 0 spiro atoms. The molecule has 2 aromatic heterocycles. The molecule has 2 amide bonds. The van der Waals surface area contributed by atoms with Crippen LogP contribution in [-0.2, 0) is 40.8 Å². The van der Waals surface area contributed by atoms with E-state index in [2.05, 4.69) is 20.8 Å². The quantitative estimate of drug-likeness (QED) is 0.0173. The molecular formula is C49H47N7O9S2. The van der Waals surface area contributed by atoms with Crippen molar-refractivity contribution in [2.75, 3.05) is 11.1 Å². The molecule has 0 saturated carbocycles. The van der Waals surface area contributed by atoms with E-state index in [-0.39, 0.29) is 40.9 Å². The second-order valence-electron chi connectivity index (χ2n) is 17.2. The predicted molar refractivity (Wildman–Crippen MR) is 254 cm³/mol. The molecule has 2 atom stereocenters. The lowest BCUT2D eigenvalue weighted by molar-refractivity contribution is -0.179. The second-order valence-corrected chi connectivity index (χ2v) is 19.2. The standard InChI is InChI=1S/C49H47N7O9S2/c1-47(2,3)64-45(63)48(4,5)65-54-38(34-27-67-46(51-34)53-49(30-17-9-6-10-18-30,31-19-11-7-12-20-31)32-21-13-8-14-22-32)41(59)52-39-42(60)56-40(44(61)62)29(26-66-43(39)56)16-15-23-55-28-50-33-24-36(57)37(58)25-35(33)55/h6-22,24-25,27-28,39,43,57-58H,23,26H2,1-5H3,(H,51,53)(H,52,59)(H,61,62)/b16-15+,54-38-/t39?,43-/m1/s1. The molecule has 4 heterocycles. The number of oxime groups is 1. The van der Waals surface area contributed by atoms with Gasteiger partial charge in [0.2, 0.25) is 5.60 Å². The van der Waals surface area contributed by atoms with Gasteiger partial charge in [0, 0.05) is 29.8 Å². The maximum atomic E-state index is 14.5. The summed E-state index contributed by atoms with van der Waals surface area (Å²) >= 11 is 2.48. The lowest BCUT2D eigenvalue weighted by atomic mass is 9.77. The Bertz CT molecular complexity index is 2850. The zero-order valence-corrected chi connectivity index (χ0v) is 38.7. The van der Waals surface area contributed by atoms with Crippen LogP contribution in [0.1, 0.15) is 57.0 Å². The van der Waals surface area contributed by atoms with Gasteiger partial charge in [0.05, 0.1) is 17.4 Å². The van der Waals surface area contributed by atoms with E-state index in [1.807, 2.05) is 91.0 Å². The number of thioether (sulfide) groups is 1. The number of phenolic OH excluding ortho intramolecular Hbond substituents is 2. The third kappa shape index (κ3) is 9.35. The molecule has 16 nitrogen and oxygen atoms in total. The number of carbonyl (C=O) groups is 4. The number of benzene rings is 4. The maximum absolute atomic E-state index is 14.5. The van der Waals surface area contributed by atoms with E-state index in [0.29, 0.717) is 21.7 Å². The van der Waals surface area contributed by atoms with Crippen LogP contribution in [0.3, 0.4) is 0 Å². The summed E-state index contributed by atoms with van der Waals surface area (Å²) in [4.78, 5) is 70.4. The molecule has 2 aliphatic heterocycles. The van der Waals surface area contributed by atoms with Crippen LogP contribution in [0.2, 0.25) is 0 Å². The number of thiazole rings is 1. The number of aliphatic carboxylic acids is 1. The normalized spacial score (nSPS) is 16.7. The molecule has 5 N–H and O–H groups in total. The van der Waals surface area contributed by atoms with E-state index >= 15 is 0 Å². The monoisotopic (exact) mass is 941 g/mol. The largest absolute Gasteiger partial charge is 0.504 e. The molecule has 1 unspecified atom stereocenters. The van der Waals surface area contributed by atoms with E-state index in [4.69, 9.17) is 14.6 Å². The number of ether oxygens (including phenoxy) is 1. The zero-order valence-electron chi connectivity index (χ0n) is 37.0. The van der Waals surface area contributed by atoms with Gasteiger partial charge in [-0.1, -0.05) is 108 Å². The van der Waals surface area contributed by atoms with Crippen LogP contribution in [-0.4, -0.2) is 92.6 Å². The van der Waals surface area contributed by atoms with Gasteiger partial charge in [0.25, 0.3) is 11.8 Å². The predicted octanol–water partition coefficient (Wildman–Crippen LogP) is 7.14. The molecule has 1 saturated heterocycles. The van der Waals surface area contributed by atoms with Crippen molar-refractivity contribution in [2.45, 2.75) is 69.3 Å². The fraction of sp³-hybridized carbons (Fsp3) is 0.245. The van der Waals surface area contributed by atoms with Crippen LogP contribution < -0.4 is 10.6 Å². The van der Waals surface area contributed by atoms with Gasteiger partial charge in [0.15, 0.2) is 22.3 Å². The molecule has 1 fully saturated rings. The maximum Gasteiger partial charge on any atom is 0.353 e. The number of amides is 2. The van der Waals surface area contributed by atoms with Crippen molar-refractivity contribution in [1.82, 2.24) is 24.8 Å². The lowest BCUT2D eigenvalue weighted by Gasteiger charge is -2.49. The van der Waals surface area contributed by atoms with Crippen LogP contribution >= 0.6 is 23.1 Å². The minimum Gasteiger partial charge on any atom is -0.504 e. The fourth-order valence-corrected chi connectivity index (χ4v) is 9.77. The summed E-state index contributed by atoms with van der Waals surface area (Å²) in [5, 5.41) is 42.1. The highest BCUT2D eigenvalue weighted by atomic mass is 32.2. The average Bonchev–Trinajstić information content (AvgIpc) is 3.93. The van der Waals surface area contributed by atoms with Crippen LogP contribution in [0, 0.1) is 0 Å². The highest BCUT2D eigenvalue weighted by molar-refractivity contribution is 8.00. The number of carboxylic acids is 1. The van der Waals surface area contributed by atoms with Crippen molar-refractivity contribution >= 4 is 68.7 Å². The number of β-lactam (4-membered cyclic amide) rings is 1. The first kappa shape index (κ1) is 46.1. The van der Waals surface area contributed by atoms with Crippen molar-refractivity contribution in [2.24, 2.45) is 5.16 Å². The third-order valence-electron chi connectivity index (χ3n) is 11.0. The number of nitrogens with one attached hydrogen (secondary N) is 2. The van der Waals surface area contributed by atoms with E-state index in [1.165, 1.54) is 55.4 Å². The number of aromatic nitrogens is 3. The Hall–Kier alpha value is -7.44. The van der Waals surface area contributed by atoms with Crippen LogP contribution in [0.15, 0.2) is 143 Å². The molecule has 0 bridgehead atoms. The summed E-state index contributed by atoms with van der Waals surface area (Å²) in [5.74, 6) is -3.98. The van der Waals surface area contributed by atoms with E-state index in [1.54, 1.807) is 42.9 Å². The smallest absolute Gasteiger partial charge is 0.353 e. The molecule has 0 aliphatic carbocycles. The van der Waals surface area contributed by atoms with Crippen LogP contribution in [0.25, 0.3) is 11.0 Å². The summed E-state index contributed by atoms with van der Waals surface area (Å²) in [6.45, 7) is 8.28. The van der Waals surface area contributed by atoms with Crippen molar-refractivity contribution in [3.05, 3.63) is 161 Å². The molecular weight excluding hydrogens is 895 g/mol. The Balaban J connectivity index is 1.08. The number of phenols is 2. The van der Waals surface area contributed by atoms with Gasteiger partial charge in [-0.15, -0.1) is 23.1 Å². The third-order valence-corrected chi connectivity index (χ3v) is 13.0. The summed E-state index contributed by atoms with van der Waals surface area (Å²) < 4.78 is 7.27. The fourth-order valence-electron chi connectivity index (χ4n) is 7.70. The van der Waals surface area contributed by atoms with Gasteiger partial charge < -0.3 is 40.1 Å². The van der Waals surface area contributed by atoms with E-state index in [9.17, 15) is 34.5 Å². The summed E-state index contributed by atoms with van der Waals surface area (Å²) in [5.41, 5.74) is 0.164. The molecule has 344 valence electrons. The molecule has 8 rings (SSSR count). The number of rotatable bonds is 15. The van der Waals surface area contributed by atoms with Crippen molar-refractivity contribution in [3.63, 3.8) is 0 Å². The Labute approximate surface area is 393 Å². The number of esters is 1. The Morgan fingerprint density at radius 2 is 1.49 bits per heavy atom. The zero-order chi connectivity index (χ0) is 47.7. The first-order chi connectivity index (χ1) is 32.0. The number of nitrogens with zero attached hydrogens (tertiary/aromatic N) is 5. The highest BCUT2D eigenvalue weighted by Gasteiger charge is 2.54. The van der Waals surface area contributed by atoms with Gasteiger partial charge in [-0.3, -0.25) is 14.5 Å². The first-order valence-corrected chi connectivity index (χ1v) is 23.1. The number of hydrogen-bond donors (Lipinski definition) is 5. The Morgan fingerprint density at radius 1 is 0.896 bits per heavy atom. The number of carboxylic acid groups (broad SMARTS) is 1. The molecule has 4 aromatic carbocycles. The van der Waals surface area contributed by atoms with Crippen molar-refractivity contribution < 1.29 is 44.1 Å². The Morgan fingerprint density at radius 3 is 2.07 bits per heavy atom. The summed E-state index contributed by atoms with van der Waals surface area (Å²) in [6.07, 6.45) is 4.84. The van der Waals surface area contributed by atoms with Gasteiger partial charge in [-0.2, -0.15) is 0 Å². The number of fused-ring (bicyclic) bond motifs is 2. The number of anilines is 1. The van der Waals surface area contributed by atoms with Crippen molar-refractivity contribution in [1.29, 1.82) is 0 Å². The minimum atomic E-state index is -1.66. The Kier molecular flexibility index (Phi) is 12.7. The number of hydrogen-bond acceptors (Lipinski definition) is 14. The van der Waals surface area contributed by atoms with Crippen molar-refractivity contribution in [3.8, 4) is 11.5 Å². The number of allylic oxidation sites excluding steroid dienone is 2. The lowest BCUT2D eigenvalue weighted by Crippen LogP contribution is -2.71. The number of aromatic hydroxyl groups is 2. The summed E-state index contributed by atoms with van der Waals surface area (Å²) in [6, 6.07) is 31.2. The minimum absolute atomic E-state index is 0.0734. The van der Waals surface area contributed by atoms with Gasteiger partial charge in [-0.05, 0) is 56.9 Å². The molecule has 6 aromatic rings. The number of imidazole rings is 1. The topological polar surface area (TPSA) is 218 Å². The van der Waals surface area contributed by atoms with E-state index in [0.717, 1.165) is 21.6 Å². The number of carbonyl (C=O) groups excluding carboxylic acids is 3. The molecule has 67 heavy (non-hydrogen) atoms. The average molecular weight is 942 g/mol. The molecule has 0 radical (unpaired) electrons.